The third-order valence-corrected chi connectivity index (χ3v) is 3.64. The minimum absolute atomic E-state index is 0.0912. The van der Waals surface area contributed by atoms with Gasteiger partial charge in [0, 0.05) is 39.3 Å². The molecule has 1 fully saturated rings. The van der Waals surface area contributed by atoms with E-state index in [0.717, 1.165) is 45.6 Å². The maximum Gasteiger partial charge on any atom is 0.240 e. The molecular weight excluding hydrogens is 242 g/mol. The molecule has 0 spiro atoms. The van der Waals surface area contributed by atoms with Crippen molar-refractivity contribution in [2.24, 2.45) is 0 Å². The quantitative estimate of drug-likeness (QED) is 0.635. The Labute approximate surface area is 117 Å². The molecule has 0 radical (unpaired) electrons. The van der Waals surface area contributed by atoms with Crippen LogP contribution in [0.4, 0.5) is 0 Å². The van der Waals surface area contributed by atoms with Crippen LogP contribution >= 0.6 is 0 Å². The standard InChI is InChI=1S/C14H29N3O2/c1-4-5-11-19-12-8-16-13(18)14(2,3)17-9-6-15-7-10-17/h15H,4-12H2,1-3H3,(H,16,18). The van der Waals surface area contributed by atoms with E-state index < -0.39 is 5.54 Å². The molecule has 1 rings (SSSR count). The van der Waals surface area contributed by atoms with E-state index in [2.05, 4.69) is 22.5 Å². The van der Waals surface area contributed by atoms with Crippen LogP contribution in [0.1, 0.15) is 33.6 Å². The zero-order chi connectivity index (χ0) is 14.1. The summed E-state index contributed by atoms with van der Waals surface area (Å²) in [4.78, 5) is 14.5. The molecule has 1 aliphatic rings. The van der Waals surface area contributed by atoms with Gasteiger partial charge in [-0.1, -0.05) is 13.3 Å². The van der Waals surface area contributed by atoms with Gasteiger partial charge in [0.1, 0.15) is 0 Å². The highest BCUT2D eigenvalue weighted by Crippen LogP contribution is 2.14. The van der Waals surface area contributed by atoms with Crippen molar-refractivity contribution in [1.82, 2.24) is 15.5 Å². The summed E-state index contributed by atoms with van der Waals surface area (Å²) < 4.78 is 5.44. The van der Waals surface area contributed by atoms with Crippen molar-refractivity contribution < 1.29 is 9.53 Å². The van der Waals surface area contributed by atoms with Crippen LogP contribution in [0.25, 0.3) is 0 Å². The van der Waals surface area contributed by atoms with Crippen molar-refractivity contribution in [2.75, 3.05) is 45.9 Å². The number of hydrogen-bond donors (Lipinski definition) is 2. The van der Waals surface area contributed by atoms with E-state index in [0.29, 0.717) is 13.2 Å². The van der Waals surface area contributed by atoms with Gasteiger partial charge in [-0.25, -0.2) is 0 Å². The van der Waals surface area contributed by atoms with Crippen LogP contribution in [0.15, 0.2) is 0 Å². The van der Waals surface area contributed by atoms with Crippen molar-refractivity contribution in [3.05, 3.63) is 0 Å². The zero-order valence-electron chi connectivity index (χ0n) is 12.6. The molecule has 0 saturated carbocycles. The lowest BCUT2D eigenvalue weighted by Crippen LogP contribution is -2.60. The lowest BCUT2D eigenvalue weighted by molar-refractivity contribution is -0.132. The summed E-state index contributed by atoms with van der Waals surface area (Å²) in [5.74, 6) is 0.0912. The first kappa shape index (κ1) is 16.4. The molecule has 5 heteroatoms. The summed E-state index contributed by atoms with van der Waals surface area (Å²) in [5.41, 5.74) is -0.439. The van der Waals surface area contributed by atoms with Gasteiger partial charge in [0.15, 0.2) is 0 Å². The maximum atomic E-state index is 12.2. The highest BCUT2D eigenvalue weighted by molar-refractivity contribution is 5.85. The van der Waals surface area contributed by atoms with Crippen LogP contribution in [0, 0.1) is 0 Å². The van der Waals surface area contributed by atoms with E-state index in [1.165, 1.54) is 0 Å². The second-order valence-corrected chi connectivity index (χ2v) is 5.52. The molecule has 0 atom stereocenters. The van der Waals surface area contributed by atoms with Gasteiger partial charge in [-0.3, -0.25) is 9.69 Å². The second-order valence-electron chi connectivity index (χ2n) is 5.52. The van der Waals surface area contributed by atoms with E-state index in [1.807, 2.05) is 13.8 Å². The number of carbonyl (C=O) groups is 1. The fourth-order valence-corrected chi connectivity index (χ4v) is 2.17. The average Bonchev–Trinajstić information content (AvgIpc) is 2.43. The van der Waals surface area contributed by atoms with Crippen LogP contribution in [0.3, 0.4) is 0 Å². The Morgan fingerprint density at radius 3 is 2.63 bits per heavy atom. The number of hydrogen-bond acceptors (Lipinski definition) is 4. The molecule has 5 nitrogen and oxygen atoms in total. The average molecular weight is 271 g/mol. The Morgan fingerprint density at radius 2 is 2.00 bits per heavy atom. The number of unbranched alkanes of at least 4 members (excludes halogenated alkanes) is 1. The predicted octanol–water partition coefficient (Wildman–Crippen LogP) is 0.603. The molecule has 0 aliphatic carbocycles. The molecule has 2 N–H and O–H groups in total. The van der Waals surface area contributed by atoms with Crippen molar-refractivity contribution in [3.63, 3.8) is 0 Å². The molecule has 1 saturated heterocycles. The van der Waals surface area contributed by atoms with Crippen LogP contribution in [0.5, 0.6) is 0 Å². The molecule has 0 unspecified atom stereocenters. The topological polar surface area (TPSA) is 53.6 Å². The molecule has 0 aromatic rings. The normalized spacial score (nSPS) is 17.4. The monoisotopic (exact) mass is 271 g/mol. The second kappa shape index (κ2) is 8.51. The number of rotatable bonds is 8. The van der Waals surface area contributed by atoms with Crippen molar-refractivity contribution in [3.8, 4) is 0 Å². The Balaban J connectivity index is 2.22. The van der Waals surface area contributed by atoms with Gasteiger partial charge in [-0.15, -0.1) is 0 Å². The van der Waals surface area contributed by atoms with Crippen molar-refractivity contribution in [1.29, 1.82) is 0 Å². The third-order valence-electron chi connectivity index (χ3n) is 3.64. The molecule has 112 valence electrons. The van der Waals surface area contributed by atoms with Gasteiger partial charge in [0.05, 0.1) is 12.1 Å². The largest absolute Gasteiger partial charge is 0.380 e. The Morgan fingerprint density at radius 1 is 1.32 bits per heavy atom. The van der Waals surface area contributed by atoms with Gasteiger partial charge in [0.2, 0.25) is 5.91 Å². The van der Waals surface area contributed by atoms with Gasteiger partial charge in [-0.2, -0.15) is 0 Å². The minimum Gasteiger partial charge on any atom is -0.380 e. The lowest BCUT2D eigenvalue weighted by atomic mass is 10.0. The van der Waals surface area contributed by atoms with Crippen LogP contribution in [-0.4, -0.2) is 62.3 Å². The maximum absolute atomic E-state index is 12.2. The third kappa shape index (κ3) is 5.47. The predicted molar refractivity (Wildman–Crippen MR) is 77.3 cm³/mol. The van der Waals surface area contributed by atoms with E-state index in [1.54, 1.807) is 0 Å². The number of piperazine rings is 1. The highest BCUT2D eigenvalue weighted by Gasteiger charge is 2.34. The van der Waals surface area contributed by atoms with Gasteiger partial charge < -0.3 is 15.4 Å². The Kier molecular flexibility index (Phi) is 7.34. The zero-order valence-corrected chi connectivity index (χ0v) is 12.6. The van der Waals surface area contributed by atoms with Gasteiger partial charge in [-0.05, 0) is 20.3 Å². The smallest absolute Gasteiger partial charge is 0.240 e. The van der Waals surface area contributed by atoms with Crippen LogP contribution < -0.4 is 10.6 Å². The van der Waals surface area contributed by atoms with E-state index in [-0.39, 0.29) is 5.91 Å². The summed E-state index contributed by atoms with van der Waals surface area (Å²) in [6, 6.07) is 0. The SMILES string of the molecule is CCCCOCCNC(=O)C(C)(C)N1CCNCC1. The molecule has 0 bridgehead atoms. The number of nitrogens with zero attached hydrogens (tertiary/aromatic N) is 1. The minimum atomic E-state index is -0.439. The number of carbonyl (C=O) groups excluding carboxylic acids is 1. The molecule has 1 amide bonds. The molecular formula is C14H29N3O2. The van der Waals surface area contributed by atoms with Crippen molar-refractivity contribution in [2.45, 2.75) is 39.2 Å². The first-order valence-electron chi connectivity index (χ1n) is 7.41. The fourth-order valence-electron chi connectivity index (χ4n) is 2.17. The lowest BCUT2D eigenvalue weighted by Gasteiger charge is -2.39. The van der Waals surface area contributed by atoms with E-state index in [9.17, 15) is 4.79 Å². The van der Waals surface area contributed by atoms with Gasteiger partial charge in [0.25, 0.3) is 0 Å². The molecule has 1 heterocycles. The Bertz CT molecular complexity index is 263. The first-order chi connectivity index (χ1) is 9.09. The summed E-state index contributed by atoms with van der Waals surface area (Å²) in [6.45, 7) is 11.9. The summed E-state index contributed by atoms with van der Waals surface area (Å²) in [7, 11) is 0. The van der Waals surface area contributed by atoms with Crippen LogP contribution in [0.2, 0.25) is 0 Å². The van der Waals surface area contributed by atoms with Crippen LogP contribution in [-0.2, 0) is 9.53 Å². The molecule has 0 aromatic heterocycles. The number of nitrogens with one attached hydrogen (secondary N) is 2. The Hall–Kier alpha value is -0.650. The highest BCUT2D eigenvalue weighted by atomic mass is 16.5. The number of amides is 1. The van der Waals surface area contributed by atoms with E-state index >= 15 is 0 Å². The summed E-state index contributed by atoms with van der Waals surface area (Å²) >= 11 is 0. The van der Waals surface area contributed by atoms with Gasteiger partial charge >= 0.3 is 0 Å². The fraction of sp³-hybridized carbons (Fsp3) is 0.929. The molecule has 19 heavy (non-hydrogen) atoms. The summed E-state index contributed by atoms with van der Waals surface area (Å²) in [5, 5.41) is 6.28. The number of ether oxygens (including phenoxy) is 1. The first-order valence-corrected chi connectivity index (χ1v) is 7.41. The molecule has 0 aromatic carbocycles. The van der Waals surface area contributed by atoms with Crippen molar-refractivity contribution >= 4 is 5.91 Å². The molecule has 1 aliphatic heterocycles. The van der Waals surface area contributed by atoms with E-state index in [4.69, 9.17) is 4.74 Å². The summed E-state index contributed by atoms with van der Waals surface area (Å²) in [6.07, 6.45) is 2.22.